The molecule has 0 bridgehead atoms. The van der Waals surface area contributed by atoms with Crippen molar-refractivity contribution in [3.05, 3.63) is 49.6 Å². The molecule has 1 N–H and O–H groups in total. The predicted molar refractivity (Wildman–Crippen MR) is 80.8 cm³/mol. The predicted octanol–water partition coefficient (Wildman–Crippen LogP) is 5.36. The average molecular weight is 399 g/mol. The summed E-state index contributed by atoms with van der Waals surface area (Å²) in [7, 11) is 0. The lowest BCUT2D eigenvalue weighted by molar-refractivity contribution is -0.137. The first-order valence-electron chi connectivity index (χ1n) is 5.66. The summed E-state index contributed by atoms with van der Waals surface area (Å²) in [5.41, 5.74) is -1.26. The lowest BCUT2D eigenvalue weighted by atomic mass is 10.1. The number of halogens is 5. The number of carbonyl (C=O) groups excluding carboxylic acids is 1. The molecule has 0 fully saturated rings. The summed E-state index contributed by atoms with van der Waals surface area (Å²) in [6.07, 6.45) is -4.57. The summed E-state index contributed by atoms with van der Waals surface area (Å²) in [5.74, 6) is -0.517. The Morgan fingerprint density at radius 2 is 2.00 bits per heavy atom. The second kappa shape index (κ2) is 6.37. The minimum Gasteiger partial charge on any atom is -0.325 e. The highest BCUT2D eigenvalue weighted by atomic mass is 79.9. The number of nitrogens with one attached hydrogen (secondary N) is 1. The molecule has 21 heavy (non-hydrogen) atoms. The van der Waals surface area contributed by atoms with Crippen LogP contribution in [0.5, 0.6) is 0 Å². The van der Waals surface area contributed by atoms with Crippen molar-refractivity contribution in [1.29, 1.82) is 0 Å². The molecule has 1 amide bonds. The number of hydrogen-bond donors (Lipinski definition) is 1. The second-order valence-electron chi connectivity index (χ2n) is 4.12. The highest BCUT2D eigenvalue weighted by Gasteiger charge is 2.34. The molecular formula is C13H8BrClF3NOS. The van der Waals surface area contributed by atoms with Crippen molar-refractivity contribution in [3.63, 3.8) is 0 Å². The third-order valence-corrected chi connectivity index (χ3v) is 4.38. The first-order valence-corrected chi connectivity index (χ1v) is 7.65. The molecule has 0 aliphatic heterocycles. The molecule has 0 aliphatic rings. The van der Waals surface area contributed by atoms with Crippen LogP contribution in [0.4, 0.5) is 18.9 Å². The maximum absolute atomic E-state index is 12.9. The Morgan fingerprint density at radius 3 is 2.57 bits per heavy atom. The Bertz CT molecular complexity index is 672. The molecule has 0 atom stereocenters. The smallest absolute Gasteiger partial charge is 0.325 e. The van der Waals surface area contributed by atoms with Gasteiger partial charge in [-0.1, -0.05) is 11.6 Å². The molecule has 0 aliphatic carbocycles. The number of thiophene rings is 1. The quantitative estimate of drug-likeness (QED) is 0.740. The zero-order valence-corrected chi connectivity index (χ0v) is 13.5. The number of rotatable bonds is 3. The first-order chi connectivity index (χ1) is 9.75. The SMILES string of the molecule is O=C(Cc1ccc(Br)s1)Nc1ccc(Cl)cc1C(F)(F)F. The number of carbonyl (C=O) groups is 1. The molecule has 0 saturated carbocycles. The van der Waals surface area contributed by atoms with Crippen molar-refractivity contribution in [2.75, 3.05) is 5.32 Å². The van der Waals surface area contributed by atoms with Gasteiger partial charge in [0, 0.05) is 9.90 Å². The van der Waals surface area contributed by atoms with Gasteiger partial charge in [0.15, 0.2) is 0 Å². The van der Waals surface area contributed by atoms with Gasteiger partial charge >= 0.3 is 6.18 Å². The van der Waals surface area contributed by atoms with Crippen LogP contribution in [0, 0.1) is 0 Å². The first kappa shape index (κ1) is 16.3. The lowest BCUT2D eigenvalue weighted by Gasteiger charge is -2.14. The summed E-state index contributed by atoms with van der Waals surface area (Å²) in [6.45, 7) is 0. The maximum Gasteiger partial charge on any atom is 0.418 e. The van der Waals surface area contributed by atoms with E-state index in [1.807, 2.05) is 0 Å². The summed E-state index contributed by atoms with van der Waals surface area (Å²) >= 11 is 10.2. The number of benzene rings is 1. The van der Waals surface area contributed by atoms with Crippen LogP contribution in [-0.4, -0.2) is 5.91 Å². The summed E-state index contributed by atoms with van der Waals surface area (Å²) in [6, 6.07) is 6.75. The van der Waals surface area contributed by atoms with Crippen molar-refractivity contribution < 1.29 is 18.0 Å². The highest BCUT2D eigenvalue weighted by molar-refractivity contribution is 9.11. The van der Waals surface area contributed by atoms with Crippen molar-refractivity contribution in [3.8, 4) is 0 Å². The van der Waals surface area contributed by atoms with E-state index in [1.165, 1.54) is 17.4 Å². The largest absolute Gasteiger partial charge is 0.418 e. The zero-order chi connectivity index (χ0) is 15.6. The van der Waals surface area contributed by atoms with Crippen LogP contribution < -0.4 is 5.32 Å². The second-order valence-corrected chi connectivity index (χ2v) is 7.10. The standard InChI is InChI=1S/C13H8BrClF3NOS/c14-11-4-2-8(21-11)6-12(20)19-10-3-1-7(15)5-9(10)13(16,17)18/h1-5H,6H2,(H,19,20). The van der Waals surface area contributed by atoms with Crippen molar-refractivity contribution >= 4 is 50.5 Å². The van der Waals surface area contributed by atoms with Crippen LogP contribution in [0.25, 0.3) is 0 Å². The Kier molecular flexibility index (Phi) is 4.95. The lowest BCUT2D eigenvalue weighted by Crippen LogP contribution is -2.17. The molecule has 2 aromatic rings. The van der Waals surface area contributed by atoms with Gasteiger partial charge in [-0.15, -0.1) is 11.3 Å². The van der Waals surface area contributed by atoms with Crippen LogP contribution >= 0.6 is 38.9 Å². The summed E-state index contributed by atoms with van der Waals surface area (Å²) in [5, 5.41) is 2.24. The number of amides is 1. The van der Waals surface area contributed by atoms with E-state index in [0.717, 1.165) is 20.8 Å². The summed E-state index contributed by atoms with van der Waals surface area (Å²) < 4.78 is 39.5. The molecule has 0 spiro atoms. The third kappa shape index (κ3) is 4.46. The normalized spacial score (nSPS) is 11.5. The van der Waals surface area contributed by atoms with Crippen LogP contribution in [0.1, 0.15) is 10.4 Å². The molecule has 8 heteroatoms. The van der Waals surface area contributed by atoms with Gasteiger partial charge < -0.3 is 5.32 Å². The zero-order valence-electron chi connectivity index (χ0n) is 10.3. The van der Waals surface area contributed by atoms with E-state index in [0.29, 0.717) is 0 Å². The van der Waals surface area contributed by atoms with E-state index in [1.54, 1.807) is 12.1 Å². The molecule has 0 radical (unpaired) electrons. The maximum atomic E-state index is 12.9. The Balaban J connectivity index is 2.17. The fourth-order valence-corrected chi connectivity index (χ4v) is 3.31. The number of anilines is 1. The average Bonchev–Trinajstić information content (AvgIpc) is 2.75. The molecule has 0 saturated heterocycles. The minimum atomic E-state index is -4.58. The van der Waals surface area contributed by atoms with E-state index in [9.17, 15) is 18.0 Å². The van der Waals surface area contributed by atoms with Crippen LogP contribution in [-0.2, 0) is 17.4 Å². The van der Waals surface area contributed by atoms with E-state index in [4.69, 9.17) is 11.6 Å². The monoisotopic (exact) mass is 397 g/mol. The van der Waals surface area contributed by atoms with Crippen molar-refractivity contribution in [2.45, 2.75) is 12.6 Å². The van der Waals surface area contributed by atoms with Gasteiger partial charge in [-0.05, 0) is 46.3 Å². The van der Waals surface area contributed by atoms with E-state index >= 15 is 0 Å². The van der Waals surface area contributed by atoms with Gasteiger partial charge in [0.1, 0.15) is 0 Å². The highest BCUT2D eigenvalue weighted by Crippen LogP contribution is 2.36. The van der Waals surface area contributed by atoms with Crippen molar-refractivity contribution in [1.82, 2.24) is 0 Å². The summed E-state index contributed by atoms with van der Waals surface area (Å²) in [4.78, 5) is 12.6. The molecule has 1 aromatic heterocycles. The van der Waals surface area contributed by atoms with Gasteiger partial charge in [0.25, 0.3) is 0 Å². The molecular weight excluding hydrogens is 391 g/mol. The Morgan fingerprint density at radius 1 is 1.29 bits per heavy atom. The van der Waals surface area contributed by atoms with Crippen LogP contribution in [0.2, 0.25) is 5.02 Å². The molecule has 2 rings (SSSR count). The van der Waals surface area contributed by atoms with Gasteiger partial charge in [0.2, 0.25) is 5.91 Å². The fraction of sp³-hybridized carbons (Fsp3) is 0.154. The van der Waals surface area contributed by atoms with Crippen LogP contribution in [0.3, 0.4) is 0 Å². The van der Waals surface area contributed by atoms with Gasteiger partial charge in [0.05, 0.1) is 21.5 Å². The van der Waals surface area contributed by atoms with Gasteiger partial charge in [-0.25, -0.2) is 0 Å². The minimum absolute atomic E-state index is 0.0101. The van der Waals surface area contributed by atoms with E-state index < -0.39 is 17.6 Å². The Hall–Kier alpha value is -1.05. The van der Waals surface area contributed by atoms with Gasteiger partial charge in [-0.3, -0.25) is 4.79 Å². The molecule has 2 nitrogen and oxygen atoms in total. The molecule has 1 heterocycles. The van der Waals surface area contributed by atoms with Crippen LogP contribution in [0.15, 0.2) is 34.1 Å². The van der Waals surface area contributed by atoms with Gasteiger partial charge in [-0.2, -0.15) is 13.2 Å². The van der Waals surface area contributed by atoms with Crippen molar-refractivity contribution in [2.24, 2.45) is 0 Å². The topological polar surface area (TPSA) is 29.1 Å². The molecule has 0 unspecified atom stereocenters. The molecule has 1 aromatic carbocycles. The number of hydrogen-bond acceptors (Lipinski definition) is 2. The molecule has 112 valence electrons. The fourth-order valence-electron chi connectivity index (χ4n) is 1.66. The number of alkyl halides is 3. The van der Waals surface area contributed by atoms with E-state index in [2.05, 4.69) is 21.2 Å². The third-order valence-electron chi connectivity index (χ3n) is 2.52. The Labute approximate surface area is 136 Å². The van der Waals surface area contributed by atoms with E-state index in [-0.39, 0.29) is 17.1 Å².